The summed E-state index contributed by atoms with van der Waals surface area (Å²) in [6.45, 7) is 2.18. The molecule has 0 amide bonds. The van der Waals surface area contributed by atoms with E-state index in [4.69, 9.17) is 9.15 Å². The van der Waals surface area contributed by atoms with Crippen molar-refractivity contribution in [2.45, 2.75) is 58.0 Å². The van der Waals surface area contributed by atoms with Gasteiger partial charge in [-0.25, -0.2) is 4.98 Å². The molecule has 4 heteroatoms. The zero-order chi connectivity index (χ0) is 13.1. The van der Waals surface area contributed by atoms with Crippen LogP contribution in [0.5, 0.6) is 6.01 Å². The molecule has 1 aliphatic rings. The number of aryl methyl sites for hydroxylation is 1. The van der Waals surface area contributed by atoms with Gasteiger partial charge in [0.25, 0.3) is 0 Å². The fourth-order valence-electron chi connectivity index (χ4n) is 2.55. The van der Waals surface area contributed by atoms with E-state index in [1.807, 2.05) is 6.07 Å². The van der Waals surface area contributed by atoms with Gasteiger partial charge in [0.1, 0.15) is 11.9 Å². The summed E-state index contributed by atoms with van der Waals surface area (Å²) in [6, 6.07) is 2.49. The van der Waals surface area contributed by atoms with E-state index < -0.39 is 0 Å². The lowest BCUT2D eigenvalue weighted by Gasteiger charge is -2.09. The Labute approximate surface area is 113 Å². The first-order valence-electron chi connectivity index (χ1n) is 7.27. The van der Waals surface area contributed by atoms with Crippen LogP contribution in [0.15, 0.2) is 16.7 Å². The molecule has 4 nitrogen and oxygen atoms in total. The maximum Gasteiger partial charge on any atom is 0.320 e. The Morgan fingerprint density at radius 1 is 1.37 bits per heavy atom. The lowest BCUT2D eigenvalue weighted by Crippen LogP contribution is -2.12. The molecule has 2 aromatic heterocycles. The summed E-state index contributed by atoms with van der Waals surface area (Å²) in [4.78, 5) is 8.64. The van der Waals surface area contributed by atoms with Gasteiger partial charge in [-0.2, -0.15) is 4.98 Å². The Morgan fingerprint density at radius 3 is 3.00 bits per heavy atom. The van der Waals surface area contributed by atoms with Crippen LogP contribution in [0.1, 0.15) is 51.2 Å². The van der Waals surface area contributed by atoms with Crippen LogP contribution in [0.3, 0.4) is 0 Å². The summed E-state index contributed by atoms with van der Waals surface area (Å²) in [6.07, 6.45) is 10.1. The van der Waals surface area contributed by atoms with Crippen LogP contribution >= 0.6 is 0 Å². The number of unbranched alkanes of at least 4 members (excludes halogenated alkanes) is 1. The maximum absolute atomic E-state index is 5.79. The van der Waals surface area contributed by atoms with E-state index in [1.165, 1.54) is 19.3 Å². The second kappa shape index (κ2) is 5.59. The number of aromatic nitrogens is 2. The topological polar surface area (TPSA) is 48.2 Å². The van der Waals surface area contributed by atoms with E-state index in [0.29, 0.717) is 11.7 Å². The molecule has 0 aliphatic heterocycles. The number of ether oxygens (including phenoxy) is 1. The van der Waals surface area contributed by atoms with Gasteiger partial charge in [-0.3, -0.25) is 0 Å². The third-order valence-electron chi connectivity index (χ3n) is 3.65. The highest BCUT2D eigenvalue weighted by Crippen LogP contribution is 2.24. The second-order valence-corrected chi connectivity index (χ2v) is 5.25. The Kier molecular flexibility index (Phi) is 3.67. The predicted molar refractivity (Wildman–Crippen MR) is 73.3 cm³/mol. The van der Waals surface area contributed by atoms with E-state index in [2.05, 4.69) is 16.9 Å². The highest BCUT2D eigenvalue weighted by Gasteiger charge is 2.18. The predicted octanol–water partition coefficient (Wildman–Crippen LogP) is 3.89. The van der Waals surface area contributed by atoms with Crippen LogP contribution in [-0.4, -0.2) is 16.1 Å². The first-order chi connectivity index (χ1) is 9.35. The molecule has 102 valence electrons. The number of rotatable bonds is 5. The zero-order valence-corrected chi connectivity index (χ0v) is 11.4. The minimum Gasteiger partial charge on any atom is -0.460 e. The number of furan rings is 1. The standard InChI is InChI=1S/C15H20N2O2/c1-2-3-6-13-9-11-10-16-15(17-14(11)18-13)19-12-7-4-5-8-12/h9-10,12H,2-8H2,1H3. The van der Waals surface area contributed by atoms with Crippen molar-refractivity contribution in [3.8, 4) is 6.01 Å². The molecule has 2 heterocycles. The molecular formula is C15H20N2O2. The lowest BCUT2D eigenvalue weighted by molar-refractivity contribution is 0.192. The molecule has 19 heavy (non-hydrogen) atoms. The van der Waals surface area contributed by atoms with Gasteiger partial charge in [0.2, 0.25) is 5.71 Å². The average molecular weight is 260 g/mol. The van der Waals surface area contributed by atoms with Gasteiger partial charge in [-0.05, 0) is 38.2 Å². The quantitative estimate of drug-likeness (QED) is 0.818. The summed E-state index contributed by atoms with van der Waals surface area (Å²) in [5, 5.41) is 0.963. The summed E-state index contributed by atoms with van der Waals surface area (Å²) in [5.41, 5.74) is 0.647. The molecule has 1 fully saturated rings. The van der Waals surface area contributed by atoms with E-state index in [-0.39, 0.29) is 6.10 Å². The van der Waals surface area contributed by atoms with E-state index in [9.17, 15) is 0 Å². The van der Waals surface area contributed by atoms with Gasteiger partial charge < -0.3 is 9.15 Å². The Hall–Kier alpha value is -1.58. The van der Waals surface area contributed by atoms with Crippen LogP contribution in [0.4, 0.5) is 0 Å². The highest BCUT2D eigenvalue weighted by atomic mass is 16.5. The van der Waals surface area contributed by atoms with Crippen molar-refractivity contribution in [1.82, 2.24) is 9.97 Å². The van der Waals surface area contributed by atoms with Crippen molar-refractivity contribution in [1.29, 1.82) is 0 Å². The van der Waals surface area contributed by atoms with Crippen LogP contribution < -0.4 is 4.74 Å². The Morgan fingerprint density at radius 2 is 2.21 bits per heavy atom. The Balaban J connectivity index is 1.75. The fourth-order valence-corrected chi connectivity index (χ4v) is 2.55. The van der Waals surface area contributed by atoms with Gasteiger partial charge in [0.15, 0.2) is 0 Å². The van der Waals surface area contributed by atoms with Gasteiger partial charge in [0, 0.05) is 12.6 Å². The average Bonchev–Trinajstić information content (AvgIpc) is 3.04. The fraction of sp³-hybridized carbons (Fsp3) is 0.600. The molecule has 0 aromatic carbocycles. The smallest absolute Gasteiger partial charge is 0.320 e. The monoisotopic (exact) mass is 260 g/mol. The molecule has 0 atom stereocenters. The van der Waals surface area contributed by atoms with Crippen molar-refractivity contribution in [2.24, 2.45) is 0 Å². The van der Waals surface area contributed by atoms with Crippen LogP contribution in [0.25, 0.3) is 11.1 Å². The summed E-state index contributed by atoms with van der Waals surface area (Å²) in [5.74, 6) is 0.990. The Bertz CT molecular complexity index is 544. The molecule has 0 saturated heterocycles. The summed E-state index contributed by atoms with van der Waals surface area (Å²) < 4.78 is 11.5. The van der Waals surface area contributed by atoms with Crippen molar-refractivity contribution in [2.75, 3.05) is 0 Å². The lowest BCUT2D eigenvalue weighted by atomic mass is 10.2. The third kappa shape index (κ3) is 2.88. The molecule has 0 N–H and O–H groups in total. The number of hydrogen-bond donors (Lipinski definition) is 0. The van der Waals surface area contributed by atoms with Crippen molar-refractivity contribution in [3.05, 3.63) is 18.0 Å². The molecule has 0 unspecified atom stereocenters. The summed E-state index contributed by atoms with van der Waals surface area (Å²) in [7, 11) is 0. The molecular weight excluding hydrogens is 240 g/mol. The molecule has 3 rings (SSSR count). The summed E-state index contributed by atoms with van der Waals surface area (Å²) >= 11 is 0. The minimum atomic E-state index is 0.284. The third-order valence-corrected chi connectivity index (χ3v) is 3.65. The highest BCUT2D eigenvalue weighted by molar-refractivity contribution is 5.73. The normalized spacial score (nSPS) is 16.3. The van der Waals surface area contributed by atoms with Gasteiger partial charge in [-0.15, -0.1) is 0 Å². The number of nitrogens with zero attached hydrogens (tertiary/aromatic N) is 2. The zero-order valence-electron chi connectivity index (χ0n) is 11.4. The molecule has 1 saturated carbocycles. The van der Waals surface area contributed by atoms with Crippen LogP contribution in [-0.2, 0) is 6.42 Å². The largest absolute Gasteiger partial charge is 0.460 e. The van der Waals surface area contributed by atoms with Gasteiger partial charge >= 0.3 is 6.01 Å². The van der Waals surface area contributed by atoms with Crippen LogP contribution in [0.2, 0.25) is 0 Å². The molecule has 0 radical (unpaired) electrons. The van der Waals surface area contributed by atoms with Crippen molar-refractivity contribution >= 4 is 11.1 Å². The van der Waals surface area contributed by atoms with Crippen molar-refractivity contribution < 1.29 is 9.15 Å². The molecule has 0 spiro atoms. The first-order valence-corrected chi connectivity index (χ1v) is 7.27. The minimum absolute atomic E-state index is 0.284. The van der Waals surface area contributed by atoms with Gasteiger partial charge in [0.05, 0.1) is 5.39 Å². The maximum atomic E-state index is 5.79. The van der Waals surface area contributed by atoms with E-state index in [0.717, 1.165) is 36.8 Å². The van der Waals surface area contributed by atoms with Crippen molar-refractivity contribution in [3.63, 3.8) is 0 Å². The SMILES string of the molecule is CCCCc1cc2cnc(OC3CCCC3)nc2o1. The number of hydrogen-bond acceptors (Lipinski definition) is 4. The van der Waals surface area contributed by atoms with Gasteiger partial charge in [-0.1, -0.05) is 13.3 Å². The molecule has 0 bridgehead atoms. The molecule has 1 aliphatic carbocycles. The van der Waals surface area contributed by atoms with E-state index in [1.54, 1.807) is 6.20 Å². The van der Waals surface area contributed by atoms with E-state index >= 15 is 0 Å². The number of fused-ring (bicyclic) bond motifs is 1. The molecule has 2 aromatic rings. The first kappa shape index (κ1) is 12.5. The second-order valence-electron chi connectivity index (χ2n) is 5.25. The van der Waals surface area contributed by atoms with Crippen LogP contribution in [0, 0.1) is 0 Å².